The Morgan fingerprint density at radius 1 is 1.08 bits per heavy atom. The molecule has 2 heterocycles. The predicted octanol–water partition coefficient (Wildman–Crippen LogP) is 1.92. The standard InChI is InChI=1S/C21H17N5/c1-2-6-14(7-3-1)26-21-20(24-23-12-22-21)17-10-9-16-15-8-4-5-13(15)11-18(25-26)19(16)17/h1-4,6-8,10,12,24H,5,9,11H2,(H,22,23). The van der Waals surface area contributed by atoms with Gasteiger partial charge >= 0.3 is 0 Å². The smallest absolute Gasteiger partial charge is 0.181 e. The minimum Gasteiger partial charge on any atom is -0.296 e. The number of benzene rings is 1. The maximum Gasteiger partial charge on any atom is 0.181 e. The number of para-hydroxylation sites is 1. The molecule has 0 unspecified atom stereocenters. The van der Waals surface area contributed by atoms with Gasteiger partial charge in [-0.25, -0.2) is 9.67 Å². The number of allylic oxidation sites excluding steroid dienone is 4. The molecule has 5 nitrogen and oxygen atoms in total. The average Bonchev–Trinajstić information content (AvgIpc) is 3.30. The Hall–Kier alpha value is -3.34. The first kappa shape index (κ1) is 13.9. The number of nitrogens with zero attached hydrogens (tertiary/aromatic N) is 3. The molecular weight excluding hydrogens is 322 g/mol. The summed E-state index contributed by atoms with van der Waals surface area (Å²) in [6, 6.07) is 10.2. The van der Waals surface area contributed by atoms with E-state index >= 15 is 0 Å². The molecule has 2 N–H and O–H groups in total. The molecule has 0 radical (unpaired) electrons. The summed E-state index contributed by atoms with van der Waals surface area (Å²) in [6.07, 6.45) is 11.4. The fourth-order valence-corrected chi connectivity index (χ4v) is 4.36. The topological polar surface area (TPSA) is 62.3 Å². The SMILES string of the molecule is C1=CC2=C(C1)Cc1nn(-c3ccccc3)c3nc[nH][nH]c=3c3c1=C2CC=3. The third-order valence-electron chi connectivity index (χ3n) is 5.47. The summed E-state index contributed by atoms with van der Waals surface area (Å²) < 4.78 is 1.96. The normalized spacial score (nSPS) is 16.7. The van der Waals surface area contributed by atoms with Crippen LogP contribution in [-0.4, -0.2) is 25.0 Å². The highest BCUT2D eigenvalue weighted by molar-refractivity contribution is 5.79. The van der Waals surface area contributed by atoms with Crippen LogP contribution in [0, 0.1) is 10.8 Å². The van der Waals surface area contributed by atoms with E-state index < -0.39 is 0 Å². The van der Waals surface area contributed by atoms with Gasteiger partial charge in [0.1, 0.15) is 11.7 Å². The van der Waals surface area contributed by atoms with Crippen LogP contribution >= 0.6 is 0 Å². The number of H-pyrrole nitrogens is 2. The van der Waals surface area contributed by atoms with Crippen LogP contribution in [-0.2, 0) is 6.42 Å². The summed E-state index contributed by atoms with van der Waals surface area (Å²) in [5.74, 6) is 0. The van der Waals surface area contributed by atoms with Crippen molar-refractivity contribution >= 4 is 11.6 Å². The Kier molecular flexibility index (Phi) is 2.72. The van der Waals surface area contributed by atoms with Gasteiger partial charge in [-0.1, -0.05) is 42.0 Å². The van der Waals surface area contributed by atoms with Crippen molar-refractivity contribution in [3.8, 4) is 5.69 Å². The largest absolute Gasteiger partial charge is 0.296 e. The Morgan fingerprint density at radius 3 is 2.92 bits per heavy atom. The first-order chi connectivity index (χ1) is 12.9. The lowest BCUT2D eigenvalue weighted by atomic mass is 9.91. The van der Waals surface area contributed by atoms with E-state index in [0.717, 1.165) is 41.5 Å². The molecule has 2 aliphatic heterocycles. The molecule has 0 fully saturated rings. The number of nitrogens with one attached hydrogen (secondary N) is 2. The molecule has 0 saturated carbocycles. The van der Waals surface area contributed by atoms with Gasteiger partial charge in [0.15, 0.2) is 5.48 Å². The summed E-state index contributed by atoms with van der Waals surface area (Å²) in [5.41, 5.74) is 7.30. The lowest BCUT2D eigenvalue weighted by Gasteiger charge is -2.14. The van der Waals surface area contributed by atoms with Crippen LogP contribution < -0.4 is 10.4 Å². The van der Waals surface area contributed by atoms with Crippen LogP contribution in [0.5, 0.6) is 0 Å². The monoisotopic (exact) mass is 339 g/mol. The lowest BCUT2D eigenvalue weighted by molar-refractivity contribution is 0.740. The van der Waals surface area contributed by atoms with Crippen molar-refractivity contribution in [3.63, 3.8) is 0 Å². The zero-order valence-electron chi connectivity index (χ0n) is 14.2. The van der Waals surface area contributed by atoms with Gasteiger partial charge < -0.3 is 0 Å². The molecule has 0 amide bonds. The molecule has 1 aromatic rings. The van der Waals surface area contributed by atoms with Crippen LogP contribution in [0.3, 0.4) is 0 Å². The Bertz CT molecular complexity index is 1340. The van der Waals surface area contributed by atoms with Gasteiger partial charge in [0, 0.05) is 16.9 Å². The number of aromatic amines is 2. The van der Waals surface area contributed by atoms with Crippen LogP contribution in [0.15, 0.2) is 60.0 Å². The van der Waals surface area contributed by atoms with E-state index in [9.17, 15) is 0 Å². The first-order valence-corrected chi connectivity index (χ1v) is 8.94. The van der Waals surface area contributed by atoms with Gasteiger partial charge in [-0.3, -0.25) is 10.2 Å². The van der Waals surface area contributed by atoms with Gasteiger partial charge in [0.05, 0.1) is 11.4 Å². The molecule has 26 heavy (non-hydrogen) atoms. The van der Waals surface area contributed by atoms with E-state index in [1.54, 1.807) is 6.33 Å². The highest BCUT2D eigenvalue weighted by atomic mass is 15.3. The van der Waals surface area contributed by atoms with E-state index in [1.807, 2.05) is 22.9 Å². The second-order valence-electron chi connectivity index (χ2n) is 6.90. The summed E-state index contributed by atoms with van der Waals surface area (Å²) >= 11 is 0. The number of hydrogen-bond acceptors (Lipinski definition) is 2. The molecular formula is C21H17N5. The summed E-state index contributed by atoms with van der Waals surface area (Å²) in [6.45, 7) is 0. The van der Waals surface area contributed by atoms with Crippen molar-refractivity contribution < 1.29 is 0 Å². The Labute approximate surface area is 149 Å². The maximum absolute atomic E-state index is 5.10. The molecule has 0 atom stereocenters. The second-order valence-corrected chi connectivity index (χ2v) is 6.90. The Balaban J connectivity index is 1.86. The maximum atomic E-state index is 5.10. The van der Waals surface area contributed by atoms with Crippen molar-refractivity contribution in [3.05, 3.63) is 86.9 Å². The Morgan fingerprint density at radius 2 is 2.00 bits per heavy atom. The van der Waals surface area contributed by atoms with Gasteiger partial charge in [-0.05, 0) is 36.1 Å². The van der Waals surface area contributed by atoms with Crippen molar-refractivity contribution in [1.82, 2.24) is 25.0 Å². The summed E-state index contributed by atoms with van der Waals surface area (Å²) in [4.78, 5) is 4.62. The quantitative estimate of drug-likeness (QED) is 0.711. The van der Waals surface area contributed by atoms with E-state index in [-0.39, 0.29) is 0 Å². The van der Waals surface area contributed by atoms with E-state index in [0.29, 0.717) is 0 Å². The lowest BCUT2D eigenvalue weighted by Crippen LogP contribution is -2.31. The fraction of sp³-hybridized carbons (Fsp3) is 0.143. The highest BCUT2D eigenvalue weighted by Gasteiger charge is 2.24. The zero-order valence-corrected chi connectivity index (χ0v) is 14.2. The van der Waals surface area contributed by atoms with Gasteiger partial charge in [0.2, 0.25) is 0 Å². The van der Waals surface area contributed by atoms with Crippen molar-refractivity contribution in [2.24, 2.45) is 0 Å². The van der Waals surface area contributed by atoms with Crippen molar-refractivity contribution in [2.45, 2.75) is 19.3 Å². The number of hydrogen-bond donors (Lipinski definition) is 2. The first-order valence-electron chi connectivity index (χ1n) is 8.94. The molecule has 1 aromatic carbocycles. The fourth-order valence-electron chi connectivity index (χ4n) is 4.36. The molecule has 0 spiro atoms. The zero-order chi connectivity index (χ0) is 17.1. The highest BCUT2D eigenvalue weighted by Crippen LogP contribution is 2.33. The number of rotatable bonds is 1. The summed E-state index contributed by atoms with van der Waals surface area (Å²) in [5, 5.41) is 14.9. The van der Waals surface area contributed by atoms with Crippen LogP contribution in [0.2, 0.25) is 0 Å². The third kappa shape index (κ3) is 1.80. The van der Waals surface area contributed by atoms with E-state index in [1.165, 1.54) is 27.2 Å². The van der Waals surface area contributed by atoms with Crippen LogP contribution in [0.1, 0.15) is 18.5 Å². The van der Waals surface area contributed by atoms with Crippen molar-refractivity contribution in [1.29, 1.82) is 0 Å². The van der Waals surface area contributed by atoms with Gasteiger partial charge in [-0.2, -0.15) is 5.10 Å². The average molecular weight is 339 g/mol. The molecule has 0 aromatic heterocycles. The predicted molar refractivity (Wildman–Crippen MR) is 99.2 cm³/mol. The molecule has 6 rings (SSSR count). The van der Waals surface area contributed by atoms with E-state index in [2.05, 4.69) is 45.5 Å². The molecule has 5 aliphatic rings. The van der Waals surface area contributed by atoms with Crippen LogP contribution in [0.4, 0.5) is 0 Å². The number of fused-ring (bicyclic) bond motifs is 2. The number of aromatic nitrogens is 5. The minimum absolute atomic E-state index is 0.826. The second kappa shape index (κ2) is 5.08. The molecule has 3 aliphatic carbocycles. The third-order valence-corrected chi connectivity index (χ3v) is 5.47. The van der Waals surface area contributed by atoms with E-state index in [4.69, 9.17) is 5.10 Å². The van der Waals surface area contributed by atoms with Gasteiger partial charge in [-0.15, -0.1) is 0 Å². The molecule has 0 bridgehead atoms. The minimum atomic E-state index is 0.826. The van der Waals surface area contributed by atoms with Crippen molar-refractivity contribution in [2.75, 3.05) is 0 Å². The molecule has 5 heteroatoms. The summed E-state index contributed by atoms with van der Waals surface area (Å²) in [7, 11) is 0. The molecule has 0 saturated heterocycles. The van der Waals surface area contributed by atoms with Gasteiger partial charge in [0.25, 0.3) is 0 Å². The molecule has 126 valence electrons. The van der Waals surface area contributed by atoms with Crippen LogP contribution in [0.25, 0.3) is 17.3 Å².